The predicted octanol–water partition coefficient (Wildman–Crippen LogP) is 3.26. The van der Waals surface area contributed by atoms with Crippen LogP contribution in [-0.4, -0.2) is 18.8 Å². The van der Waals surface area contributed by atoms with Crippen LogP contribution in [-0.2, 0) is 0 Å². The molecule has 1 unspecified atom stereocenters. The fourth-order valence-corrected chi connectivity index (χ4v) is 1.87. The van der Waals surface area contributed by atoms with Gasteiger partial charge in [-0.2, -0.15) is 0 Å². The molecule has 20 heavy (non-hydrogen) atoms. The number of aliphatic hydroxyl groups is 1. The molecule has 3 nitrogen and oxygen atoms in total. The van der Waals surface area contributed by atoms with Gasteiger partial charge in [-0.25, -0.2) is 4.39 Å². The maximum atomic E-state index is 13.0. The minimum Gasteiger partial charge on any atom is -0.497 e. The minimum atomic E-state index is -0.745. The van der Waals surface area contributed by atoms with Crippen molar-refractivity contribution >= 4 is 0 Å². The van der Waals surface area contributed by atoms with Gasteiger partial charge in [-0.1, -0.05) is 12.1 Å². The van der Waals surface area contributed by atoms with Crippen LogP contribution >= 0.6 is 0 Å². The summed E-state index contributed by atoms with van der Waals surface area (Å²) in [7, 11) is 1.59. The van der Waals surface area contributed by atoms with Gasteiger partial charge in [0.05, 0.1) is 7.11 Å². The molecule has 4 heteroatoms. The molecule has 0 aromatic heterocycles. The molecule has 0 amide bonds. The summed E-state index contributed by atoms with van der Waals surface area (Å²) in [5.74, 6) is 1.00. The second kappa shape index (κ2) is 6.39. The molecule has 0 aliphatic rings. The van der Waals surface area contributed by atoms with Crippen LogP contribution < -0.4 is 9.47 Å². The van der Waals surface area contributed by atoms with E-state index in [4.69, 9.17) is 9.47 Å². The Balaban J connectivity index is 1.98. The average molecular weight is 276 g/mol. The molecule has 0 saturated carbocycles. The highest BCUT2D eigenvalue weighted by Crippen LogP contribution is 2.22. The summed E-state index contributed by atoms with van der Waals surface area (Å²) in [5.41, 5.74) is 1.44. The van der Waals surface area contributed by atoms with Gasteiger partial charge in [-0.3, -0.25) is 0 Å². The van der Waals surface area contributed by atoms with E-state index in [0.717, 1.165) is 11.3 Å². The Kier molecular flexibility index (Phi) is 4.58. The topological polar surface area (TPSA) is 38.7 Å². The number of methoxy groups -OCH3 is 1. The number of hydrogen-bond donors (Lipinski definition) is 1. The summed E-state index contributed by atoms with van der Waals surface area (Å²) in [6.07, 6.45) is -0.745. The molecular formula is C16H17FO3. The zero-order valence-corrected chi connectivity index (χ0v) is 11.5. The molecule has 1 N–H and O–H groups in total. The normalized spacial score (nSPS) is 12.0. The Bertz CT molecular complexity index is 566. The van der Waals surface area contributed by atoms with E-state index >= 15 is 0 Å². The highest BCUT2D eigenvalue weighted by molar-refractivity contribution is 5.33. The maximum Gasteiger partial charge on any atom is 0.123 e. The number of aryl methyl sites for hydroxylation is 1. The Morgan fingerprint density at radius 1 is 1.15 bits per heavy atom. The van der Waals surface area contributed by atoms with Crippen molar-refractivity contribution < 1.29 is 19.0 Å². The van der Waals surface area contributed by atoms with E-state index in [2.05, 4.69) is 0 Å². The highest BCUT2D eigenvalue weighted by Gasteiger charge is 2.10. The lowest BCUT2D eigenvalue weighted by atomic mass is 10.1. The van der Waals surface area contributed by atoms with Gasteiger partial charge in [-0.05, 0) is 48.4 Å². The summed E-state index contributed by atoms with van der Waals surface area (Å²) >= 11 is 0. The Hall–Kier alpha value is -2.07. The molecule has 2 rings (SSSR count). The maximum absolute atomic E-state index is 13.0. The third-order valence-corrected chi connectivity index (χ3v) is 3.03. The molecule has 2 aromatic rings. The number of halogens is 1. The molecule has 2 aromatic carbocycles. The third kappa shape index (κ3) is 3.48. The van der Waals surface area contributed by atoms with Crippen LogP contribution in [0, 0.1) is 12.7 Å². The zero-order chi connectivity index (χ0) is 14.5. The van der Waals surface area contributed by atoms with Crippen molar-refractivity contribution in [2.75, 3.05) is 13.7 Å². The van der Waals surface area contributed by atoms with Crippen molar-refractivity contribution in [2.45, 2.75) is 13.0 Å². The molecule has 0 radical (unpaired) electrons. The highest BCUT2D eigenvalue weighted by atomic mass is 19.1. The molecule has 0 spiro atoms. The van der Waals surface area contributed by atoms with Crippen molar-refractivity contribution in [3.05, 3.63) is 59.4 Å². The molecule has 0 fully saturated rings. The summed E-state index contributed by atoms with van der Waals surface area (Å²) in [6.45, 7) is 1.87. The van der Waals surface area contributed by atoms with Crippen molar-refractivity contribution in [1.82, 2.24) is 0 Å². The molecule has 1 atom stereocenters. The van der Waals surface area contributed by atoms with E-state index in [1.54, 1.807) is 44.4 Å². The van der Waals surface area contributed by atoms with E-state index in [1.165, 1.54) is 12.1 Å². The van der Waals surface area contributed by atoms with Gasteiger partial charge in [0.15, 0.2) is 0 Å². The second-order valence-corrected chi connectivity index (χ2v) is 4.51. The SMILES string of the molecule is COc1ccc(C(O)COc2ccc(F)cc2C)cc1. The number of hydrogen-bond acceptors (Lipinski definition) is 3. The van der Waals surface area contributed by atoms with E-state index in [0.29, 0.717) is 11.3 Å². The molecule has 0 saturated heterocycles. The Morgan fingerprint density at radius 2 is 1.85 bits per heavy atom. The van der Waals surface area contributed by atoms with E-state index in [1.807, 2.05) is 0 Å². The quantitative estimate of drug-likeness (QED) is 0.911. The lowest BCUT2D eigenvalue weighted by Gasteiger charge is -2.14. The minimum absolute atomic E-state index is 0.110. The fraction of sp³-hybridized carbons (Fsp3) is 0.250. The number of aliphatic hydroxyl groups excluding tert-OH is 1. The van der Waals surface area contributed by atoms with Crippen molar-refractivity contribution in [1.29, 1.82) is 0 Å². The monoisotopic (exact) mass is 276 g/mol. The van der Waals surface area contributed by atoms with Gasteiger partial charge in [0.25, 0.3) is 0 Å². The average Bonchev–Trinajstić information content (AvgIpc) is 2.46. The second-order valence-electron chi connectivity index (χ2n) is 4.51. The van der Waals surface area contributed by atoms with Gasteiger partial charge < -0.3 is 14.6 Å². The van der Waals surface area contributed by atoms with Crippen molar-refractivity contribution in [3.8, 4) is 11.5 Å². The van der Waals surface area contributed by atoms with Crippen molar-refractivity contribution in [3.63, 3.8) is 0 Å². The molecule has 0 heterocycles. The summed E-state index contributed by atoms with van der Waals surface area (Å²) in [6, 6.07) is 11.4. The van der Waals surface area contributed by atoms with E-state index < -0.39 is 6.10 Å². The van der Waals surface area contributed by atoms with E-state index in [-0.39, 0.29) is 12.4 Å². The zero-order valence-electron chi connectivity index (χ0n) is 11.5. The standard InChI is InChI=1S/C16H17FO3/c1-11-9-13(17)5-8-16(11)20-10-15(18)12-3-6-14(19-2)7-4-12/h3-9,15,18H,10H2,1-2H3. The van der Waals surface area contributed by atoms with Gasteiger partial charge >= 0.3 is 0 Å². The lowest BCUT2D eigenvalue weighted by Crippen LogP contribution is -2.10. The van der Waals surface area contributed by atoms with Gasteiger partial charge in [0.1, 0.15) is 30.0 Å². The first-order valence-electron chi connectivity index (χ1n) is 6.31. The largest absolute Gasteiger partial charge is 0.497 e. The Labute approximate surface area is 117 Å². The predicted molar refractivity (Wildman–Crippen MR) is 74.6 cm³/mol. The van der Waals surface area contributed by atoms with Crippen LogP contribution in [0.5, 0.6) is 11.5 Å². The Morgan fingerprint density at radius 3 is 2.45 bits per heavy atom. The van der Waals surface area contributed by atoms with Crippen LogP contribution in [0.4, 0.5) is 4.39 Å². The van der Waals surface area contributed by atoms with Gasteiger partial charge in [0.2, 0.25) is 0 Å². The molecule has 106 valence electrons. The molecular weight excluding hydrogens is 259 g/mol. The number of ether oxygens (including phenoxy) is 2. The van der Waals surface area contributed by atoms with Crippen LogP contribution in [0.25, 0.3) is 0 Å². The molecule has 0 bridgehead atoms. The lowest BCUT2D eigenvalue weighted by molar-refractivity contribution is 0.107. The summed E-state index contributed by atoms with van der Waals surface area (Å²) in [5, 5.41) is 10.1. The fourth-order valence-electron chi connectivity index (χ4n) is 1.87. The van der Waals surface area contributed by atoms with Crippen LogP contribution in [0.1, 0.15) is 17.2 Å². The van der Waals surface area contributed by atoms with Crippen LogP contribution in [0.2, 0.25) is 0 Å². The smallest absolute Gasteiger partial charge is 0.123 e. The molecule has 0 aliphatic heterocycles. The van der Waals surface area contributed by atoms with Crippen LogP contribution in [0.15, 0.2) is 42.5 Å². The first-order valence-corrected chi connectivity index (χ1v) is 6.31. The van der Waals surface area contributed by atoms with Gasteiger partial charge in [0, 0.05) is 0 Å². The molecule has 0 aliphatic carbocycles. The van der Waals surface area contributed by atoms with Crippen LogP contribution in [0.3, 0.4) is 0 Å². The first-order chi connectivity index (χ1) is 9.60. The summed E-state index contributed by atoms with van der Waals surface area (Å²) in [4.78, 5) is 0. The van der Waals surface area contributed by atoms with Gasteiger partial charge in [-0.15, -0.1) is 0 Å². The number of rotatable bonds is 5. The third-order valence-electron chi connectivity index (χ3n) is 3.03. The first kappa shape index (κ1) is 14.3. The van der Waals surface area contributed by atoms with E-state index in [9.17, 15) is 9.50 Å². The van der Waals surface area contributed by atoms with Crippen molar-refractivity contribution in [2.24, 2.45) is 0 Å². The number of benzene rings is 2. The summed E-state index contributed by atoms with van der Waals surface area (Å²) < 4.78 is 23.5.